The van der Waals surface area contributed by atoms with Gasteiger partial charge in [-0.2, -0.15) is 5.10 Å². The second-order valence-electron chi connectivity index (χ2n) is 9.14. The van der Waals surface area contributed by atoms with Gasteiger partial charge in [-0.15, -0.1) is 0 Å². The van der Waals surface area contributed by atoms with Crippen molar-refractivity contribution in [1.82, 2.24) is 24.3 Å². The number of likely N-dealkylation sites (N-methyl/N-ethyl adjacent to an activating group) is 1. The van der Waals surface area contributed by atoms with E-state index < -0.39 is 0 Å². The minimum Gasteiger partial charge on any atom is -0.465 e. The summed E-state index contributed by atoms with van der Waals surface area (Å²) in [6.07, 6.45) is 4.77. The number of anilines is 1. The molecule has 0 fully saturated rings. The summed E-state index contributed by atoms with van der Waals surface area (Å²) in [5, 5.41) is 4.56. The number of carbonyl (C=O) groups excluding carboxylic acids is 1. The lowest BCUT2D eigenvalue weighted by Crippen LogP contribution is -2.41. The topological polar surface area (TPSA) is 78.1 Å². The summed E-state index contributed by atoms with van der Waals surface area (Å²) in [5.41, 5.74) is 5.29. The Kier molecular flexibility index (Phi) is 4.96. The average molecular weight is 445 g/mol. The number of fused-ring (bicyclic) bond motifs is 2. The normalized spacial score (nSPS) is 14.6. The van der Waals surface area contributed by atoms with E-state index >= 15 is 0 Å². The molecule has 0 saturated heterocycles. The molecule has 0 saturated carbocycles. The highest BCUT2D eigenvalue weighted by Gasteiger charge is 2.36. The molecule has 0 N–H and O–H groups in total. The molecule has 4 heterocycles. The van der Waals surface area contributed by atoms with Crippen LogP contribution in [0.1, 0.15) is 42.4 Å². The molecular formula is C25H28N6O2. The van der Waals surface area contributed by atoms with E-state index in [2.05, 4.69) is 41.4 Å². The number of nitrogens with zero attached hydrogens (tertiary/aromatic N) is 6. The number of hydrogen-bond acceptors (Lipinski definition) is 6. The van der Waals surface area contributed by atoms with Gasteiger partial charge in [0.15, 0.2) is 0 Å². The van der Waals surface area contributed by atoms with Crippen LogP contribution >= 0.6 is 0 Å². The van der Waals surface area contributed by atoms with Gasteiger partial charge in [0.2, 0.25) is 0 Å². The van der Waals surface area contributed by atoms with Crippen molar-refractivity contribution in [3.63, 3.8) is 0 Å². The Morgan fingerprint density at radius 1 is 1.21 bits per heavy atom. The molecule has 1 aliphatic heterocycles. The summed E-state index contributed by atoms with van der Waals surface area (Å²) < 4.78 is 8.83. The Bertz CT molecular complexity index is 1370. The molecule has 1 aromatic carbocycles. The van der Waals surface area contributed by atoms with Crippen molar-refractivity contribution in [3.8, 4) is 11.4 Å². The fourth-order valence-corrected chi connectivity index (χ4v) is 4.89. The van der Waals surface area contributed by atoms with Crippen LogP contribution in [-0.4, -0.2) is 49.5 Å². The molecule has 8 heteroatoms. The van der Waals surface area contributed by atoms with Crippen LogP contribution in [0.3, 0.4) is 0 Å². The summed E-state index contributed by atoms with van der Waals surface area (Å²) in [6.45, 7) is 8.15. The van der Waals surface area contributed by atoms with Crippen molar-refractivity contribution in [2.75, 3.05) is 18.6 Å². The Hall–Kier alpha value is -3.68. The standard InChI is InChI=1S/C25H28N6O2/c1-6-31-22-17(13-25(31,2)3)11-18(14-26-22)23-27-20-12-16(24(32)33-5)7-8-21(20)30(23)15-19-9-10-29(4)28-19/h7-12,14H,6,13,15H2,1-5H3. The smallest absolute Gasteiger partial charge is 0.337 e. The molecule has 3 aromatic heterocycles. The molecule has 1 aliphatic rings. The van der Waals surface area contributed by atoms with Crippen molar-refractivity contribution in [1.29, 1.82) is 0 Å². The third kappa shape index (κ3) is 3.55. The average Bonchev–Trinajstić information content (AvgIpc) is 3.44. The van der Waals surface area contributed by atoms with Crippen molar-refractivity contribution in [3.05, 3.63) is 59.5 Å². The zero-order valence-corrected chi connectivity index (χ0v) is 19.7. The van der Waals surface area contributed by atoms with Crippen LogP contribution < -0.4 is 4.90 Å². The molecule has 0 atom stereocenters. The molecule has 0 unspecified atom stereocenters. The van der Waals surface area contributed by atoms with Crippen LogP contribution in [0.5, 0.6) is 0 Å². The highest BCUT2D eigenvalue weighted by molar-refractivity contribution is 5.94. The first-order chi connectivity index (χ1) is 15.8. The summed E-state index contributed by atoms with van der Waals surface area (Å²) >= 11 is 0. The molecule has 4 aromatic rings. The lowest BCUT2D eigenvalue weighted by molar-refractivity contribution is 0.0601. The number of benzene rings is 1. The molecule has 0 spiro atoms. The molecule has 0 aliphatic carbocycles. The maximum atomic E-state index is 12.1. The first kappa shape index (κ1) is 21.2. The molecule has 33 heavy (non-hydrogen) atoms. The van der Waals surface area contributed by atoms with Crippen molar-refractivity contribution >= 4 is 22.8 Å². The summed E-state index contributed by atoms with van der Waals surface area (Å²) in [4.78, 5) is 24.2. The number of imidazole rings is 1. The predicted octanol–water partition coefficient (Wildman–Crippen LogP) is 3.83. The molecule has 170 valence electrons. The van der Waals surface area contributed by atoms with Gasteiger partial charge in [0.25, 0.3) is 0 Å². The van der Waals surface area contributed by atoms with E-state index in [1.54, 1.807) is 16.8 Å². The van der Waals surface area contributed by atoms with Gasteiger partial charge < -0.3 is 14.2 Å². The molecular weight excluding hydrogens is 416 g/mol. The van der Waals surface area contributed by atoms with E-state index in [0.29, 0.717) is 12.1 Å². The number of pyridine rings is 1. The van der Waals surface area contributed by atoms with E-state index in [9.17, 15) is 4.79 Å². The number of ether oxygens (including phenoxy) is 1. The van der Waals surface area contributed by atoms with E-state index in [1.165, 1.54) is 12.7 Å². The SMILES string of the molecule is CCN1c2ncc(-c3nc4cc(C(=O)OC)ccc4n3Cc3ccn(C)n3)cc2CC1(C)C. The maximum Gasteiger partial charge on any atom is 0.337 e. The van der Waals surface area contributed by atoms with E-state index in [1.807, 2.05) is 31.6 Å². The highest BCUT2D eigenvalue weighted by atomic mass is 16.5. The fourth-order valence-electron chi connectivity index (χ4n) is 4.89. The lowest BCUT2D eigenvalue weighted by atomic mass is 9.99. The monoisotopic (exact) mass is 444 g/mol. The van der Waals surface area contributed by atoms with Crippen LogP contribution in [0.25, 0.3) is 22.4 Å². The van der Waals surface area contributed by atoms with Gasteiger partial charge in [-0.1, -0.05) is 0 Å². The predicted molar refractivity (Wildman–Crippen MR) is 127 cm³/mol. The number of esters is 1. The van der Waals surface area contributed by atoms with E-state index in [0.717, 1.165) is 46.9 Å². The number of carbonyl (C=O) groups is 1. The Morgan fingerprint density at radius 3 is 2.73 bits per heavy atom. The van der Waals surface area contributed by atoms with Gasteiger partial charge in [-0.05, 0) is 63.1 Å². The zero-order chi connectivity index (χ0) is 23.3. The Labute approximate surface area is 192 Å². The van der Waals surface area contributed by atoms with Gasteiger partial charge in [0.05, 0.1) is 35.9 Å². The van der Waals surface area contributed by atoms with Crippen molar-refractivity contribution < 1.29 is 9.53 Å². The maximum absolute atomic E-state index is 12.1. The van der Waals surface area contributed by atoms with Gasteiger partial charge in [0.1, 0.15) is 11.6 Å². The molecule has 0 radical (unpaired) electrons. The number of aryl methyl sites for hydroxylation is 1. The van der Waals surface area contributed by atoms with E-state index in [-0.39, 0.29) is 11.5 Å². The van der Waals surface area contributed by atoms with Crippen LogP contribution in [-0.2, 0) is 24.8 Å². The lowest BCUT2D eigenvalue weighted by Gasteiger charge is -2.32. The van der Waals surface area contributed by atoms with Crippen LogP contribution in [0.2, 0.25) is 0 Å². The van der Waals surface area contributed by atoms with Gasteiger partial charge in [-0.3, -0.25) is 4.68 Å². The van der Waals surface area contributed by atoms with Crippen LogP contribution in [0.4, 0.5) is 5.82 Å². The number of rotatable bonds is 5. The third-order valence-electron chi connectivity index (χ3n) is 6.38. The van der Waals surface area contributed by atoms with E-state index in [4.69, 9.17) is 14.7 Å². The highest BCUT2D eigenvalue weighted by Crippen LogP contribution is 2.39. The van der Waals surface area contributed by atoms with Crippen LogP contribution in [0, 0.1) is 0 Å². The number of hydrogen-bond donors (Lipinski definition) is 0. The van der Waals surface area contributed by atoms with Crippen molar-refractivity contribution in [2.24, 2.45) is 7.05 Å². The quantitative estimate of drug-likeness (QED) is 0.436. The van der Waals surface area contributed by atoms with Gasteiger partial charge >= 0.3 is 5.97 Å². The summed E-state index contributed by atoms with van der Waals surface area (Å²) in [6, 6.07) is 9.68. The molecule has 0 amide bonds. The van der Waals surface area contributed by atoms with Gasteiger partial charge in [0, 0.05) is 37.1 Å². The first-order valence-electron chi connectivity index (χ1n) is 11.1. The molecule has 8 nitrogen and oxygen atoms in total. The number of methoxy groups -OCH3 is 1. The Morgan fingerprint density at radius 2 is 2.03 bits per heavy atom. The van der Waals surface area contributed by atoms with Gasteiger partial charge in [-0.25, -0.2) is 14.8 Å². The second-order valence-corrected chi connectivity index (χ2v) is 9.14. The summed E-state index contributed by atoms with van der Waals surface area (Å²) in [5.74, 6) is 1.48. The Balaban J connectivity index is 1.65. The third-order valence-corrected chi connectivity index (χ3v) is 6.38. The largest absolute Gasteiger partial charge is 0.465 e. The summed E-state index contributed by atoms with van der Waals surface area (Å²) in [7, 11) is 3.29. The molecule has 0 bridgehead atoms. The minimum absolute atomic E-state index is 0.0339. The van der Waals surface area contributed by atoms with Crippen molar-refractivity contribution in [2.45, 2.75) is 39.3 Å². The second kappa shape index (κ2) is 7.72. The number of aromatic nitrogens is 5. The first-order valence-corrected chi connectivity index (χ1v) is 11.1. The zero-order valence-electron chi connectivity index (χ0n) is 19.7. The minimum atomic E-state index is -0.376. The molecule has 5 rings (SSSR count). The fraction of sp³-hybridized carbons (Fsp3) is 0.360. The van der Waals surface area contributed by atoms with Crippen LogP contribution in [0.15, 0.2) is 42.7 Å².